The minimum atomic E-state index is -4.52. The molecule has 2 N–H and O–H groups in total. The summed E-state index contributed by atoms with van der Waals surface area (Å²) >= 11 is 0. The van der Waals surface area contributed by atoms with Gasteiger partial charge in [-0.3, -0.25) is 4.79 Å². The first-order chi connectivity index (χ1) is 14.7. The molecule has 0 saturated heterocycles. The number of amides is 1. The number of anilines is 1. The highest BCUT2D eigenvalue weighted by molar-refractivity contribution is 6.04. The summed E-state index contributed by atoms with van der Waals surface area (Å²) in [4.78, 5) is 16.6. The van der Waals surface area contributed by atoms with Gasteiger partial charge in [0.2, 0.25) is 5.88 Å². The van der Waals surface area contributed by atoms with Crippen LogP contribution >= 0.6 is 0 Å². The van der Waals surface area contributed by atoms with Crippen molar-refractivity contribution in [1.29, 1.82) is 0 Å². The Morgan fingerprint density at radius 2 is 1.77 bits per heavy atom. The normalized spacial score (nSPS) is 11.5. The number of aromatic nitrogens is 1. The first-order valence-corrected chi connectivity index (χ1v) is 9.40. The molecule has 7 heteroatoms. The maximum absolute atomic E-state index is 12.9. The zero-order valence-corrected chi connectivity index (χ0v) is 16.4. The first kappa shape index (κ1) is 20.4. The van der Waals surface area contributed by atoms with Crippen molar-refractivity contribution in [2.45, 2.75) is 13.1 Å². The molecule has 0 radical (unpaired) electrons. The number of carbonyl (C=O) groups excluding carboxylic acids is 1. The topological polar surface area (TPSA) is 62.2 Å². The van der Waals surface area contributed by atoms with E-state index in [9.17, 15) is 23.1 Å². The molecule has 0 atom stereocenters. The highest BCUT2D eigenvalue weighted by Gasteiger charge is 2.30. The number of benzene rings is 3. The summed E-state index contributed by atoms with van der Waals surface area (Å²) in [6, 6.07) is 18.4. The highest BCUT2D eigenvalue weighted by atomic mass is 19.4. The molecule has 31 heavy (non-hydrogen) atoms. The van der Waals surface area contributed by atoms with Gasteiger partial charge in [0.25, 0.3) is 5.91 Å². The van der Waals surface area contributed by atoms with Crippen molar-refractivity contribution in [2.75, 3.05) is 5.32 Å². The third-order valence-corrected chi connectivity index (χ3v) is 4.93. The number of hydrogen-bond donors (Lipinski definition) is 2. The zero-order chi connectivity index (χ0) is 22.2. The Kier molecular flexibility index (Phi) is 5.10. The molecule has 0 aliphatic heterocycles. The quantitative estimate of drug-likeness (QED) is 0.414. The lowest BCUT2D eigenvalue weighted by atomic mass is 9.98. The fraction of sp³-hybridized carbons (Fsp3) is 0.0833. The number of nitrogens with one attached hydrogen (secondary N) is 1. The van der Waals surface area contributed by atoms with Gasteiger partial charge >= 0.3 is 6.18 Å². The van der Waals surface area contributed by atoms with Crippen molar-refractivity contribution in [2.24, 2.45) is 0 Å². The molecule has 0 bridgehead atoms. The lowest BCUT2D eigenvalue weighted by Crippen LogP contribution is -2.14. The Hall–Kier alpha value is -3.87. The Balaban J connectivity index is 1.64. The van der Waals surface area contributed by atoms with E-state index in [4.69, 9.17) is 0 Å². The fourth-order valence-electron chi connectivity index (χ4n) is 3.33. The van der Waals surface area contributed by atoms with E-state index < -0.39 is 17.6 Å². The number of fused-ring (bicyclic) bond motifs is 1. The van der Waals surface area contributed by atoms with E-state index in [1.54, 1.807) is 24.3 Å². The molecule has 0 unspecified atom stereocenters. The van der Waals surface area contributed by atoms with Crippen LogP contribution in [0.2, 0.25) is 0 Å². The van der Waals surface area contributed by atoms with Gasteiger partial charge in [0.05, 0.1) is 11.1 Å². The second-order valence-electron chi connectivity index (χ2n) is 7.14. The summed E-state index contributed by atoms with van der Waals surface area (Å²) in [5.41, 5.74) is 2.86. The lowest BCUT2D eigenvalue weighted by molar-refractivity contribution is -0.137. The van der Waals surface area contributed by atoms with Gasteiger partial charge in [-0.1, -0.05) is 18.2 Å². The van der Waals surface area contributed by atoms with Crippen molar-refractivity contribution in [3.63, 3.8) is 0 Å². The van der Waals surface area contributed by atoms with E-state index in [1.807, 2.05) is 25.1 Å². The van der Waals surface area contributed by atoms with Crippen molar-refractivity contribution in [3.8, 4) is 17.0 Å². The summed E-state index contributed by atoms with van der Waals surface area (Å²) in [7, 11) is 0. The average Bonchev–Trinajstić information content (AvgIpc) is 2.74. The van der Waals surface area contributed by atoms with Crippen molar-refractivity contribution in [1.82, 2.24) is 4.98 Å². The number of rotatable bonds is 3. The van der Waals surface area contributed by atoms with Gasteiger partial charge in [0.15, 0.2) is 0 Å². The molecule has 156 valence electrons. The highest BCUT2D eigenvalue weighted by Crippen LogP contribution is 2.31. The number of alkyl halides is 3. The second-order valence-corrected chi connectivity index (χ2v) is 7.14. The molecule has 0 aliphatic carbocycles. The monoisotopic (exact) mass is 422 g/mol. The summed E-state index contributed by atoms with van der Waals surface area (Å²) in [6.45, 7) is 1.92. The summed E-state index contributed by atoms with van der Waals surface area (Å²) in [5, 5.41) is 13.0. The van der Waals surface area contributed by atoms with Crippen LogP contribution in [0.1, 0.15) is 21.5 Å². The molecular formula is C24H17F3N2O2. The zero-order valence-electron chi connectivity index (χ0n) is 16.4. The molecule has 0 aliphatic rings. The lowest BCUT2D eigenvalue weighted by Gasteiger charge is -2.12. The van der Waals surface area contributed by atoms with Crippen LogP contribution < -0.4 is 5.32 Å². The smallest absolute Gasteiger partial charge is 0.416 e. The number of pyridine rings is 1. The van der Waals surface area contributed by atoms with E-state index in [0.29, 0.717) is 11.2 Å². The largest absolute Gasteiger partial charge is 0.493 e. The van der Waals surface area contributed by atoms with Gasteiger partial charge < -0.3 is 10.4 Å². The first-order valence-electron chi connectivity index (χ1n) is 9.40. The predicted octanol–water partition coefficient (Wildman–Crippen LogP) is 6.19. The maximum atomic E-state index is 12.9. The van der Waals surface area contributed by atoms with Crippen LogP contribution in [0, 0.1) is 6.92 Å². The SMILES string of the molecule is Cc1ccc(NC(=O)c2cccc(C(F)(F)F)c2)cc1-c1ccc2nc(O)ccc2c1. The van der Waals surface area contributed by atoms with Crippen molar-refractivity contribution in [3.05, 3.63) is 89.5 Å². The molecule has 4 nitrogen and oxygen atoms in total. The Labute approximate surface area is 176 Å². The van der Waals surface area contributed by atoms with Crippen LogP contribution in [-0.2, 0) is 6.18 Å². The van der Waals surface area contributed by atoms with Crippen LogP contribution in [-0.4, -0.2) is 16.0 Å². The minimum Gasteiger partial charge on any atom is -0.493 e. The van der Waals surface area contributed by atoms with E-state index in [2.05, 4.69) is 10.3 Å². The molecule has 1 aromatic heterocycles. The van der Waals surface area contributed by atoms with E-state index in [0.717, 1.165) is 34.2 Å². The number of carbonyl (C=O) groups is 1. The van der Waals surface area contributed by atoms with Crippen LogP contribution in [0.3, 0.4) is 0 Å². The predicted molar refractivity (Wildman–Crippen MR) is 113 cm³/mol. The number of aromatic hydroxyl groups is 1. The number of halogens is 3. The average molecular weight is 422 g/mol. The number of aryl methyl sites for hydroxylation is 1. The van der Waals surface area contributed by atoms with Crippen molar-refractivity contribution >= 4 is 22.5 Å². The third-order valence-electron chi connectivity index (χ3n) is 4.93. The molecule has 3 aromatic carbocycles. The molecule has 1 amide bonds. The molecule has 1 heterocycles. The van der Waals surface area contributed by atoms with Crippen LogP contribution in [0.4, 0.5) is 18.9 Å². The van der Waals surface area contributed by atoms with E-state index >= 15 is 0 Å². The summed E-state index contributed by atoms with van der Waals surface area (Å²) in [5.74, 6) is -0.685. The van der Waals surface area contributed by atoms with Gasteiger partial charge in [-0.25, -0.2) is 4.98 Å². The van der Waals surface area contributed by atoms with Gasteiger partial charge in [-0.2, -0.15) is 13.2 Å². The molecule has 0 saturated carbocycles. The summed E-state index contributed by atoms with van der Waals surface area (Å²) < 4.78 is 38.8. The van der Waals surface area contributed by atoms with Gasteiger partial charge in [-0.15, -0.1) is 0 Å². The van der Waals surface area contributed by atoms with Crippen LogP contribution in [0.25, 0.3) is 22.0 Å². The number of hydrogen-bond acceptors (Lipinski definition) is 3. The van der Waals surface area contributed by atoms with Gasteiger partial charge in [0.1, 0.15) is 0 Å². The van der Waals surface area contributed by atoms with Crippen molar-refractivity contribution < 1.29 is 23.1 Å². The van der Waals surface area contributed by atoms with Gasteiger partial charge in [-0.05, 0) is 72.1 Å². The van der Waals surface area contributed by atoms with Gasteiger partial charge in [0, 0.05) is 22.7 Å². The molecule has 0 fully saturated rings. The Morgan fingerprint density at radius 1 is 0.968 bits per heavy atom. The molecule has 0 spiro atoms. The standard InChI is InChI=1S/C24H17F3N2O2/c1-14-5-8-19(28-23(31)17-3-2-4-18(12-17)24(25,26)27)13-20(14)15-6-9-21-16(11-15)7-10-22(30)29-21/h2-13H,1H3,(H,28,31)(H,29,30). The fourth-order valence-corrected chi connectivity index (χ4v) is 3.33. The Morgan fingerprint density at radius 3 is 2.55 bits per heavy atom. The van der Waals surface area contributed by atoms with E-state index in [-0.39, 0.29) is 11.4 Å². The van der Waals surface area contributed by atoms with E-state index in [1.165, 1.54) is 18.2 Å². The maximum Gasteiger partial charge on any atom is 0.416 e. The summed E-state index contributed by atoms with van der Waals surface area (Å²) in [6.07, 6.45) is -4.52. The molecular weight excluding hydrogens is 405 g/mol. The second kappa shape index (κ2) is 7.75. The third kappa shape index (κ3) is 4.35. The molecule has 4 aromatic rings. The minimum absolute atomic E-state index is 0.0595. The number of nitrogens with zero attached hydrogens (tertiary/aromatic N) is 1. The Bertz CT molecular complexity index is 1300. The molecule has 4 rings (SSSR count). The van der Waals surface area contributed by atoms with Crippen LogP contribution in [0.15, 0.2) is 72.8 Å². The van der Waals surface area contributed by atoms with Crippen LogP contribution in [0.5, 0.6) is 5.88 Å².